The van der Waals surface area contributed by atoms with E-state index >= 15 is 0 Å². The van der Waals surface area contributed by atoms with Crippen molar-refractivity contribution in [1.82, 2.24) is 15.3 Å². The van der Waals surface area contributed by atoms with Gasteiger partial charge in [-0.1, -0.05) is 20.8 Å². The minimum Gasteiger partial charge on any atom is -0.365 e. The maximum absolute atomic E-state index is 4.35. The highest BCUT2D eigenvalue weighted by Crippen LogP contribution is 2.21. The van der Waals surface area contributed by atoms with Crippen molar-refractivity contribution in [2.45, 2.75) is 33.2 Å². The Bertz CT molecular complexity index is 409. The minimum absolute atomic E-state index is 0.347. The fourth-order valence-electron chi connectivity index (χ4n) is 1.85. The lowest BCUT2D eigenvalue weighted by Gasteiger charge is -2.29. The molecule has 106 valence electrons. The molecular weight excluding hydrogens is 238 g/mol. The van der Waals surface area contributed by atoms with Crippen LogP contribution in [0.3, 0.4) is 0 Å². The van der Waals surface area contributed by atoms with Crippen molar-refractivity contribution in [2.24, 2.45) is 5.41 Å². The number of aromatic nitrogens is 2. The molecule has 0 amide bonds. The first-order valence-electron chi connectivity index (χ1n) is 6.94. The summed E-state index contributed by atoms with van der Waals surface area (Å²) in [5, 5.41) is 6.65. The molecule has 0 aliphatic carbocycles. The molecule has 2 N–H and O–H groups in total. The Morgan fingerprint density at radius 1 is 1.37 bits per heavy atom. The Balaban J connectivity index is 1.93. The molecule has 1 aromatic rings. The number of nitrogens with one attached hydrogen (secondary N) is 2. The second kappa shape index (κ2) is 5.74. The monoisotopic (exact) mass is 263 g/mol. The zero-order chi connectivity index (χ0) is 13.9. The van der Waals surface area contributed by atoms with Gasteiger partial charge in [0.2, 0.25) is 0 Å². The Morgan fingerprint density at radius 2 is 2.11 bits per heavy atom. The van der Waals surface area contributed by atoms with Crippen LogP contribution in [0.1, 0.15) is 27.2 Å². The molecule has 2 heterocycles. The highest BCUT2D eigenvalue weighted by molar-refractivity contribution is 5.48. The van der Waals surface area contributed by atoms with Gasteiger partial charge in [0.15, 0.2) is 0 Å². The molecule has 1 aliphatic heterocycles. The average Bonchev–Trinajstić information content (AvgIpc) is 2.30. The van der Waals surface area contributed by atoms with Gasteiger partial charge in [0.1, 0.15) is 18.0 Å². The van der Waals surface area contributed by atoms with Crippen LogP contribution in [0.2, 0.25) is 0 Å². The Hall–Kier alpha value is -1.36. The molecule has 5 heteroatoms. The van der Waals surface area contributed by atoms with E-state index in [1.165, 1.54) is 0 Å². The van der Waals surface area contributed by atoms with Gasteiger partial charge < -0.3 is 15.5 Å². The molecule has 0 bridgehead atoms. The molecule has 1 fully saturated rings. The summed E-state index contributed by atoms with van der Waals surface area (Å²) in [7, 11) is 2.09. The number of hydrogen-bond acceptors (Lipinski definition) is 5. The normalized spacial score (nSPS) is 16.0. The van der Waals surface area contributed by atoms with E-state index in [0.717, 1.165) is 37.7 Å². The van der Waals surface area contributed by atoms with Crippen LogP contribution in [-0.4, -0.2) is 42.7 Å². The zero-order valence-corrected chi connectivity index (χ0v) is 12.4. The first kappa shape index (κ1) is 14.1. The molecule has 19 heavy (non-hydrogen) atoms. The quantitative estimate of drug-likeness (QED) is 0.847. The van der Waals surface area contributed by atoms with Crippen molar-refractivity contribution in [3.63, 3.8) is 0 Å². The maximum Gasteiger partial charge on any atom is 0.133 e. The Morgan fingerprint density at radius 3 is 2.68 bits per heavy atom. The smallest absolute Gasteiger partial charge is 0.133 e. The van der Waals surface area contributed by atoms with Crippen molar-refractivity contribution < 1.29 is 0 Å². The average molecular weight is 263 g/mol. The highest BCUT2D eigenvalue weighted by Gasteiger charge is 2.17. The Kier molecular flexibility index (Phi) is 4.24. The van der Waals surface area contributed by atoms with Crippen LogP contribution >= 0.6 is 0 Å². The number of nitrogens with zero attached hydrogens (tertiary/aromatic N) is 3. The lowest BCUT2D eigenvalue weighted by Crippen LogP contribution is -2.51. The van der Waals surface area contributed by atoms with E-state index in [1.54, 1.807) is 6.33 Å². The van der Waals surface area contributed by atoms with Crippen LogP contribution in [0.25, 0.3) is 0 Å². The molecule has 1 aliphatic rings. The van der Waals surface area contributed by atoms with E-state index in [4.69, 9.17) is 0 Å². The summed E-state index contributed by atoms with van der Waals surface area (Å²) in [4.78, 5) is 10.8. The predicted molar refractivity (Wildman–Crippen MR) is 79.7 cm³/mol. The molecule has 2 rings (SSSR count). The summed E-state index contributed by atoms with van der Waals surface area (Å²) >= 11 is 0. The zero-order valence-electron chi connectivity index (χ0n) is 12.4. The van der Waals surface area contributed by atoms with Gasteiger partial charge in [0, 0.05) is 32.7 Å². The van der Waals surface area contributed by atoms with E-state index in [9.17, 15) is 0 Å². The van der Waals surface area contributed by atoms with Gasteiger partial charge in [0.05, 0.1) is 6.04 Å². The SMILES string of the molecule is CN(CCC(C)(C)C)c1cc(NC2CNC2)ncn1. The molecule has 0 atom stereocenters. The standard InChI is InChI=1S/C14H25N5/c1-14(2,3)5-6-19(4)13-7-12(16-10-17-13)18-11-8-15-9-11/h7,10-11,15H,5-6,8-9H2,1-4H3,(H,16,17,18). The third-order valence-electron chi connectivity index (χ3n) is 3.37. The van der Waals surface area contributed by atoms with Crippen molar-refractivity contribution in [1.29, 1.82) is 0 Å². The molecule has 1 saturated heterocycles. The van der Waals surface area contributed by atoms with Crippen molar-refractivity contribution >= 4 is 11.6 Å². The van der Waals surface area contributed by atoms with Crippen LogP contribution in [0.5, 0.6) is 0 Å². The van der Waals surface area contributed by atoms with Crippen LogP contribution in [-0.2, 0) is 0 Å². The van der Waals surface area contributed by atoms with Crippen LogP contribution in [0.4, 0.5) is 11.6 Å². The van der Waals surface area contributed by atoms with Crippen LogP contribution in [0.15, 0.2) is 12.4 Å². The molecule has 0 unspecified atom stereocenters. The summed E-state index contributed by atoms with van der Waals surface area (Å²) in [6, 6.07) is 2.53. The summed E-state index contributed by atoms with van der Waals surface area (Å²) in [6.07, 6.45) is 2.78. The number of rotatable bonds is 5. The van der Waals surface area contributed by atoms with Crippen LogP contribution < -0.4 is 15.5 Å². The lowest BCUT2D eigenvalue weighted by molar-refractivity contribution is 0.381. The van der Waals surface area contributed by atoms with Gasteiger partial charge in [-0.2, -0.15) is 0 Å². The van der Waals surface area contributed by atoms with E-state index < -0.39 is 0 Å². The largest absolute Gasteiger partial charge is 0.365 e. The minimum atomic E-state index is 0.347. The van der Waals surface area contributed by atoms with E-state index in [-0.39, 0.29) is 0 Å². The summed E-state index contributed by atoms with van der Waals surface area (Å²) in [5.41, 5.74) is 0.347. The summed E-state index contributed by atoms with van der Waals surface area (Å²) in [5.74, 6) is 1.90. The third-order valence-corrected chi connectivity index (χ3v) is 3.37. The van der Waals surface area contributed by atoms with Crippen molar-refractivity contribution in [2.75, 3.05) is 36.9 Å². The summed E-state index contributed by atoms with van der Waals surface area (Å²) in [6.45, 7) is 9.82. The van der Waals surface area contributed by atoms with Gasteiger partial charge in [0.25, 0.3) is 0 Å². The lowest BCUT2D eigenvalue weighted by atomic mass is 9.92. The molecule has 0 saturated carbocycles. The van der Waals surface area contributed by atoms with Gasteiger partial charge >= 0.3 is 0 Å². The molecule has 0 aromatic carbocycles. The highest BCUT2D eigenvalue weighted by atomic mass is 15.2. The van der Waals surface area contributed by atoms with E-state index in [2.05, 4.69) is 53.3 Å². The van der Waals surface area contributed by atoms with Gasteiger partial charge in [-0.15, -0.1) is 0 Å². The van der Waals surface area contributed by atoms with E-state index in [1.807, 2.05) is 6.07 Å². The first-order valence-corrected chi connectivity index (χ1v) is 6.94. The molecule has 1 aromatic heterocycles. The van der Waals surface area contributed by atoms with E-state index in [0.29, 0.717) is 11.5 Å². The fourth-order valence-corrected chi connectivity index (χ4v) is 1.85. The predicted octanol–water partition coefficient (Wildman–Crippen LogP) is 1.73. The topological polar surface area (TPSA) is 53.1 Å². The maximum atomic E-state index is 4.35. The second-order valence-electron chi connectivity index (χ2n) is 6.49. The second-order valence-corrected chi connectivity index (χ2v) is 6.49. The summed E-state index contributed by atoms with van der Waals surface area (Å²) < 4.78 is 0. The molecule has 0 radical (unpaired) electrons. The van der Waals surface area contributed by atoms with Crippen molar-refractivity contribution in [3.8, 4) is 0 Å². The molecule has 0 spiro atoms. The Labute approximate surface area is 115 Å². The molecule has 5 nitrogen and oxygen atoms in total. The number of anilines is 2. The first-order chi connectivity index (χ1) is 8.94. The van der Waals surface area contributed by atoms with Crippen LogP contribution in [0, 0.1) is 5.41 Å². The van der Waals surface area contributed by atoms with Gasteiger partial charge in [-0.05, 0) is 11.8 Å². The third kappa shape index (κ3) is 4.35. The van der Waals surface area contributed by atoms with Gasteiger partial charge in [-0.25, -0.2) is 9.97 Å². The number of hydrogen-bond donors (Lipinski definition) is 2. The van der Waals surface area contributed by atoms with Gasteiger partial charge in [-0.3, -0.25) is 0 Å². The fraction of sp³-hybridized carbons (Fsp3) is 0.714. The van der Waals surface area contributed by atoms with Crippen molar-refractivity contribution in [3.05, 3.63) is 12.4 Å². The molecular formula is C14H25N5.